The summed E-state index contributed by atoms with van der Waals surface area (Å²) < 4.78 is 7.12. The Bertz CT molecular complexity index is 4400. The number of nitrogens with zero attached hydrogens (tertiary/aromatic N) is 1. The molecule has 344 valence electrons. The fraction of sp³-hybridized carbons (Fsp3) is 0.0278. The van der Waals surface area contributed by atoms with Gasteiger partial charge in [0.1, 0.15) is 11.2 Å². The summed E-state index contributed by atoms with van der Waals surface area (Å²) in [5.41, 5.74) is 23.9. The Hall–Kier alpha value is -9.50. The maximum Gasteiger partial charge on any atom is 0.143 e. The predicted octanol–water partition coefficient (Wildman–Crippen LogP) is 18.7. The third-order valence-corrected chi connectivity index (χ3v) is 16.7. The molecule has 11 aromatic carbocycles. The summed E-state index contributed by atoms with van der Waals surface area (Å²) in [5.74, 6) is 0. The van der Waals surface area contributed by atoms with Crippen molar-refractivity contribution in [2.45, 2.75) is 10.8 Å². The average Bonchev–Trinajstić information content (AvgIpc) is 4.19. The molecule has 74 heavy (non-hydrogen) atoms. The van der Waals surface area contributed by atoms with E-state index in [9.17, 15) is 0 Å². The van der Waals surface area contributed by atoms with Crippen LogP contribution in [0.3, 0.4) is 0 Å². The lowest BCUT2D eigenvalue weighted by Gasteiger charge is -2.34. The molecular weight excluding hydrogens is 895 g/mol. The lowest BCUT2D eigenvalue weighted by atomic mass is 9.70. The molecule has 1 heterocycles. The molecule has 1 unspecified atom stereocenters. The highest BCUT2D eigenvalue weighted by Crippen LogP contribution is 2.64. The second kappa shape index (κ2) is 15.5. The number of benzene rings is 11. The zero-order valence-electron chi connectivity index (χ0n) is 40.3. The highest BCUT2D eigenvalue weighted by molar-refractivity contribution is 6.18. The molecule has 16 rings (SSSR count). The maximum absolute atomic E-state index is 7.12. The largest absolute Gasteiger partial charge is 0.455 e. The van der Waals surface area contributed by atoms with Crippen LogP contribution in [-0.4, -0.2) is 0 Å². The van der Waals surface area contributed by atoms with Crippen LogP contribution < -0.4 is 4.90 Å². The van der Waals surface area contributed by atoms with E-state index in [1.807, 2.05) is 0 Å². The molecule has 1 atom stereocenters. The first-order valence-corrected chi connectivity index (χ1v) is 25.7. The predicted molar refractivity (Wildman–Crippen MR) is 307 cm³/mol. The summed E-state index contributed by atoms with van der Waals surface area (Å²) in [6.07, 6.45) is 13.4. The van der Waals surface area contributed by atoms with Crippen LogP contribution in [0.1, 0.15) is 44.5 Å². The molecule has 4 aliphatic rings. The first-order valence-electron chi connectivity index (χ1n) is 25.7. The van der Waals surface area contributed by atoms with Crippen LogP contribution >= 0.6 is 0 Å². The molecule has 0 N–H and O–H groups in total. The van der Waals surface area contributed by atoms with Crippen LogP contribution in [0.2, 0.25) is 0 Å². The molecular formula is C72H45NO. The molecule has 2 nitrogen and oxygen atoms in total. The Morgan fingerprint density at radius 1 is 0.311 bits per heavy atom. The molecule has 0 bridgehead atoms. The van der Waals surface area contributed by atoms with Crippen LogP contribution in [0.4, 0.5) is 17.1 Å². The number of para-hydroxylation sites is 2. The van der Waals surface area contributed by atoms with E-state index in [1.165, 1.54) is 77.9 Å². The fourth-order valence-electron chi connectivity index (χ4n) is 13.8. The number of anilines is 3. The molecule has 2 spiro atoms. The lowest BCUT2D eigenvalue weighted by molar-refractivity contribution is 0.674. The summed E-state index contributed by atoms with van der Waals surface area (Å²) in [6.45, 7) is 0. The van der Waals surface area contributed by atoms with Crippen LogP contribution in [-0.2, 0) is 10.8 Å². The van der Waals surface area contributed by atoms with Gasteiger partial charge in [-0.15, -0.1) is 0 Å². The van der Waals surface area contributed by atoms with Crippen molar-refractivity contribution in [3.05, 3.63) is 311 Å². The van der Waals surface area contributed by atoms with Gasteiger partial charge in [0, 0.05) is 38.7 Å². The Labute approximate surface area is 429 Å². The van der Waals surface area contributed by atoms with E-state index in [2.05, 4.69) is 278 Å². The van der Waals surface area contributed by atoms with Crippen molar-refractivity contribution in [3.63, 3.8) is 0 Å². The molecule has 0 radical (unpaired) electrons. The normalized spacial score (nSPS) is 17.1. The molecule has 0 saturated heterocycles. The van der Waals surface area contributed by atoms with E-state index < -0.39 is 10.8 Å². The Morgan fingerprint density at radius 3 is 1.55 bits per heavy atom. The van der Waals surface area contributed by atoms with Gasteiger partial charge in [0.15, 0.2) is 0 Å². The van der Waals surface area contributed by atoms with Crippen LogP contribution in [0, 0.1) is 0 Å². The van der Waals surface area contributed by atoms with Gasteiger partial charge in [-0.2, -0.15) is 0 Å². The van der Waals surface area contributed by atoms with Crippen molar-refractivity contribution in [2.75, 3.05) is 4.90 Å². The first-order chi connectivity index (χ1) is 36.7. The van der Waals surface area contributed by atoms with Gasteiger partial charge in [0.2, 0.25) is 0 Å². The first kappa shape index (κ1) is 41.2. The Balaban J connectivity index is 0.992. The smallest absolute Gasteiger partial charge is 0.143 e. The Morgan fingerprint density at radius 2 is 0.824 bits per heavy atom. The van der Waals surface area contributed by atoms with E-state index in [-0.39, 0.29) is 0 Å². The van der Waals surface area contributed by atoms with E-state index in [0.717, 1.165) is 60.9 Å². The molecule has 4 aliphatic carbocycles. The summed E-state index contributed by atoms with van der Waals surface area (Å²) >= 11 is 0. The SMILES string of the molecule is C1=C\C=C\C2(c3ccccc3/C=C/1)c1ccccc1-c1ccc(N(c3ccc4c(c3)C3(c5ccccc5-c5ccccc53)c3ccccc3-4)c3ccccc3-c3cccc4c3oc3c5ccccc5ccc43)cc12. The van der Waals surface area contributed by atoms with Gasteiger partial charge in [-0.1, -0.05) is 237 Å². The maximum atomic E-state index is 7.12. The third-order valence-electron chi connectivity index (χ3n) is 16.7. The molecule has 0 amide bonds. The molecule has 1 aromatic heterocycles. The zero-order valence-corrected chi connectivity index (χ0v) is 40.3. The standard InChI is InChI=1S/C72H45NO/c1-2-18-43-71(61-31-12-5-22-47(61)21-3-1)62-32-13-7-24-51(62)55-41-38-48(44-66(55)71)73(68-36-17-11-28-57(68)58-29-19-30-59-60-40-37-46-20-4-6-23-50(46)69(60)74-70(58)59)49-39-42-56-54-27-10-16-35-65(54)72(67(56)45-49)63-33-14-8-25-52(63)53-26-9-15-34-64(53)72/h1-45H/b2-1-,21-3+,43-18+. The van der Waals surface area contributed by atoms with E-state index in [0.29, 0.717) is 0 Å². The van der Waals surface area contributed by atoms with Crippen molar-refractivity contribution in [1.29, 1.82) is 0 Å². The number of fused-ring (bicyclic) bond motifs is 22. The lowest BCUT2D eigenvalue weighted by Crippen LogP contribution is -2.26. The highest BCUT2D eigenvalue weighted by Gasteiger charge is 2.52. The van der Waals surface area contributed by atoms with Crippen LogP contribution in [0.15, 0.2) is 271 Å². The number of hydrogen-bond donors (Lipinski definition) is 0. The minimum Gasteiger partial charge on any atom is -0.455 e. The highest BCUT2D eigenvalue weighted by atomic mass is 16.3. The molecule has 2 heteroatoms. The van der Waals surface area contributed by atoms with Gasteiger partial charge in [0.25, 0.3) is 0 Å². The number of rotatable bonds is 4. The van der Waals surface area contributed by atoms with Gasteiger partial charge < -0.3 is 9.32 Å². The van der Waals surface area contributed by atoms with Gasteiger partial charge in [0.05, 0.1) is 16.5 Å². The van der Waals surface area contributed by atoms with Crippen molar-refractivity contribution in [3.8, 4) is 44.5 Å². The summed E-state index contributed by atoms with van der Waals surface area (Å²) in [6, 6.07) is 88.2. The average molecular weight is 940 g/mol. The second-order valence-electron chi connectivity index (χ2n) is 20.2. The minimum absolute atomic E-state index is 0.514. The van der Waals surface area contributed by atoms with Gasteiger partial charge in [-0.05, 0) is 120 Å². The van der Waals surface area contributed by atoms with Gasteiger partial charge >= 0.3 is 0 Å². The van der Waals surface area contributed by atoms with Crippen molar-refractivity contribution < 1.29 is 4.42 Å². The third kappa shape index (κ3) is 5.44. The summed E-state index contributed by atoms with van der Waals surface area (Å²) in [7, 11) is 0. The molecule has 12 aromatic rings. The van der Waals surface area contributed by atoms with E-state index >= 15 is 0 Å². The quantitative estimate of drug-likeness (QED) is 0.175. The number of hydrogen-bond acceptors (Lipinski definition) is 2. The fourth-order valence-corrected chi connectivity index (χ4v) is 13.8. The van der Waals surface area contributed by atoms with Crippen molar-refractivity contribution >= 4 is 55.8 Å². The van der Waals surface area contributed by atoms with Gasteiger partial charge in [-0.25, -0.2) is 0 Å². The van der Waals surface area contributed by atoms with Crippen molar-refractivity contribution in [2.24, 2.45) is 0 Å². The van der Waals surface area contributed by atoms with E-state index in [4.69, 9.17) is 4.42 Å². The molecule has 0 aliphatic heterocycles. The molecule has 0 saturated carbocycles. The zero-order chi connectivity index (χ0) is 48.5. The second-order valence-corrected chi connectivity index (χ2v) is 20.2. The van der Waals surface area contributed by atoms with Crippen LogP contribution in [0.5, 0.6) is 0 Å². The van der Waals surface area contributed by atoms with Crippen molar-refractivity contribution in [1.82, 2.24) is 0 Å². The number of furan rings is 1. The van der Waals surface area contributed by atoms with E-state index in [1.54, 1.807) is 0 Å². The van der Waals surface area contributed by atoms with Crippen LogP contribution in [0.25, 0.3) is 83.3 Å². The monoisotopic (exact) mass is 939 g/mol. The summed E-state index contributed by atoms with van der Waals surface area (Å²) in [5, 5.41) is 4.50. The minimum atomic E-state index is -0.577. The van der Waals surface area contributed by atoms with Gasteiger partial charge in [-0.3, -0.25) is 0 Å². The summed E-state index contributed by atoms with van der Waals surface area (Å²) in [4.78, 5) is 2.53. The topological polar surface area (TPSA) is 16.4 Å². The molecule has 0 fully saturated rings. The number of allylic oxidation sites excluding steroid dienone is 5. The Kier molecular flexibility index (Phi) is 8.62.